The predicted molar refractivity (Wildman–Crippen MR) is 78.0 cm³/mol. The number of nitrogens with one attached hydrogen (secondary N) is 2. The minimum atomic E-state index is -0.316. The smallest absolute Gasteiger partial charge is 0.233 e. The molecular formula is C13H31N4O2+. The van der Waals surface area contributed by atoms with Gasteiger partial charge in [0.05, 0.1) is 27.2 Å². The third-order valence-corrected chi connectivity index (χ3v) is 2.88. The number of quaternary nitrogens is 1. The van der Waals surface area contributed by atoms with Crippen LogP contribution < -0.4 is 10.6 Å². The van der Waals surface area contributed by atoms with Crippen molar-refractivity contribution in [1.29, 1.82) is 0 Å². The number of amides is 1. The molecule has 0 spiro atoms. The Bertz CT molecular complexity index is 257. The maximum absolute atomic E-state index is 11.2. The molecule has 0 saturated carbocycles. The van der Waals surface area contributed by atoms with Crippen molar-refractivity contribution < 1.29 is 14.4 Å². The monoisotopic (exact) mass is 275 g/mol. The first kappa shape index (κ1) is 18.3. The van der Waals surface area contributed by atoms with Gasteiger partial charge in [0.2, 0.25) is 5.91 Å². The van der Waals surface area contributed by atoms with Crippen molar-refractivity contribution in [3.8, 4) is 0 Å². The second-order valence-corrected chi connectivity index (χ2v) is 5.99. The molecule has 3 N–H and O–H groups in total. The van der Waals surface area contributed by atoms with Crippen LogP contribution in [0.25, 0.3) is 0 Å². The third-order valence-electron chi connectivity index (χ3n) is 2.88. The van der Waals surface area contributed by atoms with Crippen LogP contribution in [0.1, 0.15) is 6.42 Å². The van der Waals surface area contributed by atoms with Crippen LogP contribution in [-0.4, -0.2) is 94.5 Å². The summed E-state index contributed by atoms with van der Waals surface area (Å²) in [5.41, 5.74) is 0. The van der Waals surface area contributed by atoms with Crippen molar-refractivity contribution in [2.45, 2.75) is 12.5 Å². The van der Waals surface area contributed by atoms with Gasteiger partial charge in [-0.1, -0.05) is 0 Å². The van der Waals surface area contributed by atoms with E-state index in [9.17, 15) is 9.90 Å². The van der Waals surface area contributed by atoms with Gasteiger partial charge < -0.3 is 25.1 Å². The summed E-state index contributed by atoms with van der Waals surface area (Å²) >= 11 is 0. The lowest BCUT2D eigenvalue weighted by molar-refractivity contribution is -0.893. The molecule has 0 bridgehead atoms. The highest BCUT2D eigenvalue weighted by atomic mass is 16.3. The summed E-state index contributed by atoms with van der Waals surface area (Å²) in [6, 6.07) is 0. The van der Waals surface area contributed by atoms with Crippen molar-refractivity contribution in [2.75, 3.05) is 68.0 Å². The molecule has 0 radical (unpaired) electrons. The second kappa shape index (κ2) is 9.25. The minimum absolute atomic E-state index is 0.0282. The predicted octanol–water partition coefficient (Wildman–Crippen LogP) is -1.29. The van der Waals surface area contributed by atoms with E-state index >= 15 is 0 Å². The second-order valence-electron chi connectivity index (χ2n) is 5.99. The highest BCUT2D eigenvalue weighted by Gasteiger charge is 2.20. The topological polar surface area (TPSA) is 64.6 Å². The molecule has 0 rings (SSSR count). The first-order valence-electron chi connectivity index (χ1n) is 6.83. The Morgan fingerprint density at radius 3 is 2.53 bits per heavy atom. The average molecular weight is 275 g/mol. The number of aliphatic hydroxyl groups is 1. The van der Waals surface area contributed by atoms with Crippen molar-refractivity contribution >= 4 is 5.91 Å². The SMILES string of the molecule is CNCC(=O)NCCC[N+](C)(C)CC(O)CN(C)C. The average Bonchev–Trinajstić information content (AvgIpc) is 2.22. The van der Waals surface area contributed by atoms with E-state index in [0.717, 1.165) is 24.0 Å². The molecular weight excluding hydrogens is 244 g/mol. The lowest BCUT2D eigenvalue weighted by atomic mass is 10.2. The van der Waals surface area contributed by atoms with Gasteiger partial charge in [-0.25, -0.2) is 0 Å². The fourth-order valence-electron chi connectivity index (χ4n) is 2.10. The molecule has 6 heteroatoms. The Morgan fingerprint density at radius 2 is 2.00 bits per heavy atom. The number of aliphatic hydroxyl groups excluding tert-OH is 1. The van der Waals surface area contributed by atoms with Crippen molar-refractivity contribution in [2.24, 2.45) is 0 Å². The van der Waals surface area contributed by atoms with Gasteiger partial charge in [0.1, 0.15) is 12.6 Å². The number of carbonyl (C=O) groups excluding carboxylic acids is 1. The summed E-state index contributed by atoms with van der Waals surface area (Å²) in [7, 11) is 9.88. The molecule has 0 aliphatic rings. The molecule has 0 aliphatic heterocycles. The molecule has 19 heavy (non-hydrogen) atoms. The maximum atomic E-state index is 11.2. The van der Waals surface area contributed by atoms with Crippen molar-refractivity contribution in [3.05, 3.63) is 0 Å². The van der Waals surface area contributed by atoms with E-state index in [0.29, 0.717) is 19.6 Å². The Kier molecular flexibility index (Phi) is 8.92. The van der Waals surface area contributed by atoms with Crippen LogP contribution in [0.2, 0.25) is 0 Å². The lowest BCUT2D eigenvalue weighted by Crippen LogP contribution is -2.49. The summed E-state index contributed by atoms with van der Waals surface area (Å²) in [5, 5.41) is 15.6. The Morgan fingerprint density at radius 1 is 1.37 bits per heavy atom. The fourth-order valence-corrected chi connectivity index (χ4v) is 2.10. The molecule has 0 fully saturated rings. The zero-order valence-electron chi connectivity index (χ0n) is 13.1. The molecule has 0 aromatic rings. The van der Waals surface area contributed by atoms with Crippen LogP contribution in [0.4, 0.5) is 0 Å². The van der Waals surface area contributed by atoms with E-state index in [1.807, 2.05) is 19.0 Å². The zero-order valence-corrected chi connectivity index (χ0v) is 13.1. The number of hydrogen-bond acceptors (Lipinski definition) is 4. The summed E-state index contributed by atoms with van der Waals surface area (Å²) in [5.74, 6) is 0.0282. The fraction of sp³-hybridized carbons (Fsp3) is 0.923. The zero-order chi connectivity index (χ0) is 14.9. The summed E-state index contributed by atoms with van der Waals surface area (Å²) < 4.78 is 0.761. The molecule has 1 amide bonds. The van der Waals surface area contributed by atoms with Crippen LogP contribution in [0.5, 0.6) is 0 Å². The summed E-state index contributed by atoms with van der Waals surface area (Å²) in [6.07, 6.45) is 0.598. The molecule has 0 saturated heterocycles. The van der Waals surface area contributed by atoms with Crippen LogP contribution in [-0.2, 0) is 4.79 Å². The Labute approximate surface area is 117 Å². The van der Waals surface area contributed by atoms with E-state index in [1.54, 1.807) is 7.05 Å². The van der Waals surface area contributed by atoms with Gasteiger partial charge >= 0.3 is 0 Å². The van der Waals surface area contributed by atoms with Crippen molar-refractivity contribution in [3.63, 3.8) is 0 Å². The third kappa shape index (κ3) is 10.9. The number of hydrogen-bond donors (Lipinski definition) is 3. The standard InChI is InChI=1S/C13H30N4O2/c1-14-9-13(19)15-7-6-8-17(4,5)11-12(18)10-16(2)3/h12,14,18H,6-11H2,1-5H3/p+1. The molecule has 114 valence electrons. The van der Waals surface area contributed by atoms with Crippen molar-refractivity contribution in [1.82, 2.24) is 15.5 Å². The number of likely N-dealkylation sites (N-methyl/N-ethyl adjacent to an activating group) is 3. The normalized spacial score (nSPS) is 13.6. The van der Waals surface area contributed by atoms with E-state index in [2.05, 4.69) is 24.7 Å². The van der Waals surface area contributed by atoms with Gasteiger partial charge in [0.25, 0.3) is 0 Å². The van der Waals surface area contributed by atoms with Gasteiger partial charge in [-0.2, -0.15) is 0 Å². The van der Waals surface area contributed by atoms with E-state index < -0.39 is 0 Å². The van der Waals surface area contributed by atoms with Crippen LogP contribution in [0.15, 0.2) is 0 Å². The highest BCUT2D eigenvalue weighted by molar-refractivity contribution is 5.77. The Balaban J connectivity index is 3.81. The molecule has 0 aromatic carbocycles. The molecule has 0 heterocycles. The lowest BCUT2D eigenvalue weighted by Gasteiger charge is -2.32. The van der Waals surface area contributed by atoms with Gasteiger partial charge in [-0.3, -0.25) is 4.79 Å². The molecule has 0 aromatic heterocycles. The van der Waals surface area contributed by atoms with Gasteiger partial charge in [0.15, 0.2) is 0 Å². The van der Waals surface area contributed by atoms with Gasteiger partial charge in [-0.15, -0.1) is 0 Å². The van der Waals surface area contributed by atoms with E-state index in [1.165, 1.54) is 0 Å². The minimum Gasteiger partial charge on any atom is -0.386 e. The van der Waals surface area contributed by atoms with Crippen LogP contribution in [0.3, 0.4) is 0 Å². The van der Waals surface area contributed by atoms with Crippen LogP contribution >= 0.6 is 0 Å². The number of carbonyl (C=O) groups is 1. The van der Waals surface area contributed by atoms with Crippen LogP contribution in [0, 0.1) is 0 Å². The molecule has 6 nitrogen and oxygen atoms in total. The summed E-state index contributed by atoms with van der Waals surface area (Å²) in [4.78, 5) is 13.2. The summed E-state index contributed by atoms with van der Waals surface area (Å²) in [6.45, 7) is 3.39. The number of rotatable bonds is 10. The quantitative estimate of drug-likeness (QED) is 0.343. The molecule has 1 atom stereocenters. The first-order valence-corrected chi connectivity index (χ1v) is 6.83. The Hall–Kier alpha value is -0.690. The molecule has 0 aliphatic carbocycles. The largest absolute Gasteiger partial charge is 0.386 e. The van der Waals surface area contributed by atoms with Gasteiger partial charge in [0, 0.05) is 19.5 Å². The van der Waals surface area contributed by atoms with E-state index in [4.69, 9.17) is 0 Å². The van der Waals surface area contributed by atoms with E-state index in [-0.39, 0.29) is 12.0 Å². The first-order chi connectivity index (χ1) is 8.76. The molecule has 1 unspecified atom stereocenters. The van der Waals surface area contributed by atoms with Gasteiger partial charge in [-0.05, 0) is 21.1 Å². The number of nitrogens with zero attached hydrogens (tertiary/aromatic N) is 2. The maximum Gasteiger partial charge on any atom is 0.233 e. The highest BCUT2D eigenvalue weighted by Crippen LogP contribution is 2.02.